The smallest absolute Gasteiger partial charge is 0.339 e. The van der Waals surface area contributed by atoms with Crippen LogP contribution in [0.4, 0.5) is 15.5 Å². The molecule has 5 rings (SSSR count). The predicted octanol–water partition coefficient (Wildman–Crippen LogP) is 4.87. The molecule has 35 heavy (non-hydrogen) atoms. The molecule has 4 aromatic rings. The van der Waals surface area contributed by atoms with Crippen molar-refractivity contribution in [2.75, 3.05) is 17.2 Å². The second kappa shape index (κ2) is 9.17. The second-order valence-corrected chi connectivity index (χ2v) is 9.73. The zero-order chi connectivity index (χ0) is 24.7. The Morgan fingerprint density at radius 1 is 1.03 bits per heavy atom. The van der Waals surface area contributed by atoms with Crippen LogP contribution in [0.25, 0.3) is 11.0 Å². The Kier molecular flexibility index (Phi) is 6.05. The van der Waals surface area contributed by atoms with Crippen LogP contribution in [0.1, 0.15) is 31.2 Å². The Labute approximate surface area is 211 Å². The van der Waals surface area contributed by atoms with Crippen molar-refractivity contribution in [3.63, 3.8) is 0 Å². The van der Waals surface area contributed by atoms with Crippen molar-refractivity contribution in [1.82, 2.24) is 20.3 Å². The van der Waals surface area contributed by atoms with Gasteiger partial charge < -0.3 is 15.3 Å². The number of halogens is 2. The Morgan fingerprint density at radius 2 is 1.77 bits per heavy atom. The number of aromatic amines is 1. The number of carboxylic acids is 1. The number of anilines is 2. The number of rotatable bonds is 4. The number of carbonyl (C=O) groups excluding carboxylic acids is 2. The van der Waals surface area contributed by atoms with Crippen molar-refractivity contribution in [3.8, 4) is 0 Å². The lowest BCUT2D eigenvalue weighted by atomic mass is 10.0. The van der Waals surface area contributed by atoms with Crippen LogP contribution < -0.4 is 10.6 Å². The third kappa shape index (κ3) is 4.65. The summed E-state index contributed by atoms with van der Waals surface area (Å²) in [5.41, 5.74) is 2.69. The van der Waals surface area contributed by atoms with Crippen molar-refractivity contribution in [3.05, 3.63) is 68.0 Å². The predicted molar refractivity (Wildman–Crippen MR) is 133 cm³/mol. The fourth-order valence-electron chi connectivity index (χ4n) is 3.94. The van der Waals surface area contributed by atoms with Crippen LogP contribution in [0.5, 0.6) is 0 Å². The van der Waals surface area contributed by atoms with Gasteiger partial charge in [0.25, 0.3) is 5.91 Å². The van der Waals surface area contributed by atoms with Crippen molar-refractivity contribution in [2.24, 2.45) is 0 Å². The van der Waals surface area contributed by atoms with Gasteiger partial charge in [-0.15, -0.1) is 11.3 Å². The lowest BCUT2D eigenvalue weighted by Gasteiger charge is -2.27. The van der Waals surface area contributed by atoms with Crippen molar-refractivity contribution in [1.29, 1.82) is 0 Å². The highest BCUT2D eigenvalue weighted by molar-refractivity contribution is 7.17. The molecule has 0 saturated heterocycles. The van der Waals surface area contributed by atoms with Gasteiger partial charge in [0, 0.05) is 32.7 Å². The van der Waals surface area contributed by atoms with E-state index in [-0.39, 0.29) is 23.0 Å². The number of amides is 3. The molecule has 13 heteroatoms. The highest BCUT2D eigenvalue weighted by atomic mass is 35.5. The molecule has 0 unspecified atom stereocenters. The van der Waals surface area contributed by atoms with E-state index in [1.807, 2.05) is 0 Å². The summed E-state index contributed by atoms with van der Waals surface area (Å²) in [5, 5.41) is 26.4. The van der Waals surface area contributed by atoms with E-state index in [0.717, 1.165) is 11.3 Å². The lowest BCUT2D eigenvalue weighted by molar-refractivity contribution is 0.0696. The second-order valence-electron chi connectivity index (χ2n) is 7.75. The summed E-state index contributed by atoms with van der Waals surface area (Å²) in [5.74, 6) is -1.35. The minimum Gasteiger partial charge on any atom is -0.478 e. The van der Waals surface area contributed by atoms with Gasteiger partial charge in [-0.25, -0.2) is 9.59 Å². The first kappa shape index (κ1) is 23.1. The van der Waals surface area contributed by atoms with E-state index >= 15 is 0 Å². The lowest BCUT2D eigenvalue weighted by Crippen LogP contribution is -2.35. The minimum atomic E-state index is -1.15. The summed E-state index contributed by atoms with van der Waals surface area (Å²) in [4.78, 5) is 40.0. The molecular weight excluding hydrogens is 515 g/mol. The summed E-state index contributed by atoms with van der Waals surface area (Å²) in [6.07, 6.45) is 0.346. The number of H-pyrrole nitrogens is 1. The zero-order valence-electron chi connectivity index (χ0n) is 17.8. The Hall–Kier alpha value is -3.67. The molecule has 2 aromatic carbocycles. The molecule has 1 aliphatic heterocycles. The van der Waals surface area contributed by atoms with Crippen LogP contribution in [-0.2, 0) is 13.0 Å². The molecule has 4 N–H and O–H groups in total. The molecule has 0 spiro atoms. The van der Waals surface area contributed by atoms with Crippen LogP contribution in [0.3, 0.4) is 0 Å². The molecule has 2 aromatic heterocycles. The van der Waals surface area contributed by atoms with Crippen LogP contribution in [-0.4, -0.2) is 49.9 Å². The Morgan fingerprint density at radius 3 is 2.51 bits per heavy atom. The Bertz CT molecular complexity index is 1480. The van der Waals surface area contributed by atoms with Crippen LogP contribution in [0.2, 0.25) is 10.0 Å². The molecule has 0 bridgehead atoms. The molecule has 3 amide bonds. The van der Waals surface area contributed by atoms with Gasteiger partial charge in [0.1, 0.15) is 16.0 Å². The zero-order valence-corrected chi connectivity index (χ0v) is 20.1. The van der Waals surface area contributed by atoms with Crippen molar-refractivity contribution in [2.45, 2.75) is 13.0 Å². The first-order valence-electron chi connectivity index (χ1n) is 10.3. The number of nitrogens with zero attached hydrogens (tertiary/aromatic N) is 3. The van der Waals surface area contributed by atoms with Gasteiger partial charge in [-0.05, 0) is 48.4 Å². The third-order valence-corrected chi connectivity index (χ3v) is 7.04. The van der Waals surface area contributed by atoms with Crippen LogP contribution >= 0.6 is 34.5 Å². The monoisotopic (exact) mass is 530 g/mol. The molecule has 0 saturated carbocycles. The number of thiophene rings is 1. The fourth-order valence-corrected chi connectivity index (χ4v) is 5.71. The number of hydrogen-bond acceptors (Lipinski definition) is 6. The first-order chi connectivity index (χ1) is 16.8. The number of urea groups is 1. The van der Waals surface area contributed by atoms with Gasteiger partial charge in [-0.2, -0.15) is 15.4 Å². The molecular formula is C22H16Cl2N6O4S. The quantitative estimate of drug-likeness (QED) is 0.296. The maximum Gasteiger partial charge on any atom is 0.339 e. The SMILES string of the molecule is O=C(Nc1cc(Cl)cc(Cl)c1)Nc1sc2c(c1C(=O)O)CCN(C(=O)c1ccc3n[nH]nc3c1)C2. The number of hydrogen-bond donors (Lipinski definition) is 4. The van der Waals surface area contributed by atoms with E-state index < -0.39 is 12.0 Å². The summed E-state index contributed by atoms with van der Waals surface area (Å²) >= 11 is 13.1. The van der Waals surface area contributed by atoms with Crippen molar-refractivity contribution >= 4 is 74.2 Å². The number of carbonyl (C=O) groups is 3. The number of nitrogens with one attached hydrogen (secondary N) is 3. The van der Waals surface area contributed by atoms with Crippen LogP contribution in [0, 0.1) is 0 Å². The van der Waals surface area contributed by atoms with Gasteiger partial charge >= 0.3 is 12.0 Å². The molecule has 0 aliphatic carbocycles. The Balaban J connectivity index is 1.36. The first-order valence-corrected chi connectivity index (χ1v) is 11.9. The molecule has 0 atom stereocenters. The molecule has 178 valence electrons. The highest BCUT2D eigenvalue weighted by Crippen LogP contribution is 2.37. The molecule has 3 heterocycles. The van der Waals surface area contributed by atoms with Gasteiger partial charge in [-0.1, -0.05) is 23.2 Å². The van der Waals surface area contributed by atoms with E-state index in [4.69, 9.17) is 23.2 Å². The van der Waals surface area contributed by atoms with Gasteiger partial charge in [0.2, 0.25) is 0 Å². The summed E-state index contributed by atoms with van der Waals surface area (Å²) < 4.78 is 0. The highest BCUT2D eigenvalue weighted by Gasteiger charge is 2.30. The van der Waals surface area contributed by atoms with Crippen LogP contribution in [0.15, 0.2) is 36.4 Å². The number of carboxylic acid groups (broad SMARTS) is 1. The fraction of sp³-hybridized carbons (Fsp3) is 0.136. The maximum atomic E-state index is 13.1. The summed E-state index contributed by atoms with van der Waals surface area (Å²) in [7, 11) is 0. The number of benzene rings is 2. The number of aromatic carboxylic acids is 1. The summed E-state index contributed by atoms with van der Waals surface area (Å²) in [6.45, 7) is 0.565. The van der Waals surface area contributed by atoms with E-state index in [1.54, 1.807) is 23.1 Å². The van der Waals surface area contributed by atoms with E-state index in [0.29, 0.717) is 55.7 Å². The van der Waals surface area contributed by atoms with Crippen molar-refractivity contribution < 1.29 is 19.5 Å². The summed E-state index contributed by atoms with van der Waals surface area (Å²) in [6, 6.07) is 8.97. The van der Waals surface area contributed by atoms with E-state index in [2.05, 4.69) is 26.0 Å². The van der Waals surface area contributed by atoms with Gasteiger partial charge in [0.15, 0.2) is 0 Å². The standard InChI is InChI=1S/C22H16Cl2N6O4S/c23-11-6-12(24)8-13(7-11)25-22(34)26-19-18(21(32)33)14-3-4-30(9-17(14)35-19)20(31)10-1-2-15-16(5-10)28-29-27-15/h1-2,5-8H,3-4,9H2,(H,32,33)(H2,25,26,34)(H,27,28,29). The number of aromatic nitrogens is 3. The maximum absolute atomic E-state index is 13.1. The molecule has 0 radical (unpaired) electrons. The van der Waals surface area contributed by atoms with E-state index in [1.165, 1.54) is 18.2 Å². The molecule has 1 aliphatic rings. The third-order valence-electron chi connectivity index (χ3n) is 5.47. The van der Waals surface area contributed by atoms with Gasteiger partial charge in [0.05, 0.1) is 12.1 Å². The average molecular weight is 531 g/mol. The van der Waals surface area contributed by atoms with E-state index in [9.17, 15) is 19.5 Å². The number of fused-ring (bicyclic) bond motifs is 2. The average Bonchev–Trinajstić information content (AvgIpc) is 3.40. The van der Waals surface area contributed by atoms with Gasteiger partial charge in [-0.3, -0.25) is 10.1 Å². The normalized spacial score (nSPS) is 12.9. The topological polar surface area (TPSA) is 140 Å². The minimum absolute atomic E-state index is 0.0281. The molecule has 0 fully saturated rings. The molecule has 10 nitrogen and oxygen atoms in total. The largest absolute Gasteiger partial charge is 0.478 e.